The van der Waals surface area contributed by atoms with Crippen LogP contribution in [0.5, 0.6) is 0 Å². The topological polar surface area (TPSA) is 115 Å². The van der Waals surface area contributed by atoms with E-state index < -0.39 is 76.1 Å². The molecule has 2 aromatic heterocycles. The highest BCUT2D eigenvalue weighted by molar-refractivity contribution is 7.89. The Labute approximate surface area is 304 Å². The van der Waals surface area contributed by atoms with E-state index in [0.29, 0.717) is 22.0 Å². The van der Waals surface area contributed by atoms with Crippen molar-refractivity contribution < 1.29 is 39.9 Å². The number of hydrogen-bond acceptors (Lipinski definition) is 7. The van der Waals surface area contributed by atoms with Gasteiger partial charge in [-0.15, -0.1) is 0 Å². The van der Waals surface area contributed by atoms with Gasteiger partial charge < -0.3 is 9.64 Å². The third kappa shape index (κ3) is 7.93. The molecule has 1 aliphatic heterocycles. The zero-order valence-corrected chi connectivity index (χ0v) is 31.4. The van der Waals surface area contributed by atoms with Crippen LogP contribution in [0, 0.1) is 29.1 Å². The van der Waals surface area contributed by atoms with Gasteiger partial charge in [0, 0.05) is 43.9 Å². The zero-order chi connectivity index (χ0) is 38.2. The van der Waals surface area contributed by atoms with Gasteiger partial charge in [-0.1, -0.05) is 45.0 Å². The molecule has 6 rings (SSSR count). The molecule has 2 aliphatic rings. The second-order valence-electron chi connectivity index (χ2n) is 14.7. The van der Waals surface area contributed by atoms with Crippen molar-refractivity contribution in [3.05, 3.63) is 93.4 Å². The normalized spacial score (nSPS) is 17.2. The first kappa shape index (κ1) is 38.7. The summed E-state index contributed by atoms with van der Waals surface area (Å²) in [5.41, 5.74) is 1.13. The molecule has 0 bridgehead atoms. The maximum Gasteiger partial charge on any atom is 0.276 e. The standard InChI is InChI=1S/C36H40F5N5O5SSi/c1-53(2,3)17-16-51-21-45-35(47)26-13-12-25(18-23(26)19-42-45)44(20-24-10-7-11-27(43-24)22-8-5-4-6-9-22)36(48)28-14-15-46(28)52(49,50)34-32(40)30(38)29(37)31(39)33(34)41/h7,10-13,18-19,22,28H,4-6,8-9,14-17,20-21H2,1-3H3. The molecule has 1 unspecified atom stereocenters. The van der Waals surface area contributed by atoms with E-state index in [1.165, 1.54) is 34.0 Å². The minimum Gasteiger partial charge on any atom is -0.359 e. The monoisotopic (exact) mass is 777 g/mol. The summed E-state index contributed by atoms with van der Waals surface area (Å²) in [6.07, 6.45) is 6.53. The van der Waals surface area contributed by atoms with Gasteiger partial charge in [0.25, 0.3) is 5.56 Å². The second kappa shape index (κ2) is 15.4. The summed E-state index contributed by atoms with van der Waals surface area (Å²) >= 11 is 0. The van der Waals surface area contributed by atoms with E-state index in [-0.39, 0.29) is 36.7 Å². The minimum absolute atomic E-state index is 0.0519. The summed E-state index contributed by atoms with van der Waals surface area (Å²) in [6.45, 7) is 6.48. The van der Waals surface area contributed by atoms with Crippen LogP contribution in [0.1, 0.15) is 55.8 Å². The molecule has 1 saturated heterocycles. The number of carbonyl (C=O) groups excluding carboxylic acids is 1. The molecule has 10 nitrogen and oxygen atoms in total. The maximum atomic E-state index is 14.7. The molecule has 1 amide bonds. The number of amides is 1. The highest BCUT2D eigenvalue weighted by Gasteiger charge is 2.48. The smallest absolute Gasteiger partial charge is 0.276 e. The molecular formula is C36H40F5N5O5SSi. The van der Waals surface area contributed by atoms with Crippen molar-refractivity contribution in [1.29, 1.82) is 0 Å². The van der Waals surface area contributed by atoms with E-state index in [4.69, 9.17) is 9.72 Å². The summed E-state index contributed by atoms with van der Waals surface area (Å²) in [6, 6.07) is 9.33. The fourth-order valence-corrected chi connectivity index (χ4v) is 9.14. The van der Waals surface area contributed by atoms with Gasteiger partial charge in [0.15, 0.2) is 28.2 Å². The third-order valence-electron chi connectivity index (χ3n) is 9.79. The lowest BCUT2D eigenvalue weighted by atomic mass is 9.86. The molecule has 4 aromatic rings. The van der Waals surface area contributed by atoms with Crippen LogP contribution in [0.15, 0.2) is 52.3 Å². The Morgan fingerprint density at radius 1 is 0.943 bits per heavy atom. The Morgan fingerprint density at radius 2 is 1.62 bits per heavy atom. The van der Waals surface area contributed by atoms with Crippen LogP contribution < -0.4 is 10.5 Å². The average molecular weight is 778 g/mol. The average Bonchev–Trinajstić information content (AvgIpc) is 3.10. The van der Waals surface area contributed by atoms with Gasteiger partial charge >= 0.3 is 0 Å². The van der Waals surface area contributed by atoms with Crippen LogP contribution in [-0.2, 0) is 32.8 Å². The predicted octanol–water partition coefficient (Wildman–Crippen LogP) is 6.84. The molecule has 0 radical (unpaired) electrons. The number of nitrogens with zero attached hydrogens (tertiary/aromatic N) is 5. The first-order valence-corrected chi connectivity index (χ1v) is 22.6. The Bertz CT molecular complexity index is 2180. The van der Waals surface area contributed by atoms with Crippen molar-refractivity contribution in [2.45, 2.75) is 94.3 Å². The summed E-state index contributed by atoms with van der Waals surface area (Å²) in [5.74, 6) is -13.0. The minimum atomic E-state index is -5.38. The molecule has 1 saturated carbocycles. The molecule has 0 spiro atoms. The molecule has 1 aliphatic carbocycles. The van der Waals surface area contributed by atoms with Gasteiger partial charge in [0.1, 0.15) is 12.8 Å². The molecule has 1 atom stereocenters. The first-order valence-electron chi connectivity index (χ1n) is 17.5. The highest BCUT2D eigenvalue weighted by atomic mass is 32.2. The van der Waals surface area contributed by atoms with E-state index in [0.717, 1.165) is 43.8 Å². The van der Waals surface area contributed by atoms with Crippen LogP contribution in [-0.4, -0.2) is 60.7 Å². The van der Waals surface area contributed by atoms with Crippen LogP contribution in [0.25, 0.3) is 10.8 Å². The van der Waals surface area contributed by atoms with Crippen molar-refractivity contribution in [2.24, 2.45) is 0 Å². The Morgan fingerprint density at radius 3 is 2.26 bits per heavy atom. The number of pyridine rings is 1. The Balaban J connectivity index is 1.34. The lowest BCUT2D eigenvalue weighted by molar-refractivity contribution is -0.125. The molecule has 0 N–H and O–H groups in total. The molecule has 2 fully saturated rings. The number of ether oxygens (including phenoxy) is 1. The van der Waals surface area contributed by atoms with E-state index in [2.05, 4.69) is 24.7 Å². The first-order chi connectivity index (χ1) is 25.1. The van der Waals surface area contributed by atoms with E-state index in [1.807, 2.05) is 12.1 Å². The van der Waals surface area contributed by atoms with Crippen molar-refractivity contribution in [3.8, 4) is 0 Å². The van der Waals surface area contributed by atoms with Gasteiger partial charge in [-0.3, -0.25) is 14.6 Å². The molecular weight excluding hydrogens is 738 g/mol. The van der Waals surface area contributed by atoms with E-state index >= 15 is 0 Å². The number of fused-ring (bicyclic) bond motifs is 1. The number of rotatable bonds is 12. The fourth-order valence-electron chi connectivity index (χ4n) is 6.64. The fraction of sp³-hybridized carbons (Fsp3) is 0.444. The lowest BCUT2D eigenvalue weighted by Crippen LogP contribution is -2.59. The van der Waals surface area contributed by atoms with Crippen molar-refractivity contribution in [3.63, 3.8) is 0 Å². The molecule has 17 heteroatoms. The molecule has 2 aromatic carbocycles. The van der Waals surface area contributed by atoms with Gasteiger partial charge in [-0.2, -0.15) is 9.40 Å². The number of hydrogen-bond donors (Lipinski definition) is 0. The zero-order valence-electron chi connectivity index (χ0n) is 29.5. The van der Waals surface area contributed by atoms with Gasteiger partial charge in [-0.25, -0.2) is 35.1 Å². The van der Waals surface area contributed by atoms with Crippen LogP contribution in [0.2, 0.25) is 25.7 Å². The van der Waals surface area contributed by atoms with Crippen molar-refractivity contribution in [2.75, 3.05) is 18.1 Å². The SMILES string of the molecule is C[Si](C)(C)CCOCn1ncc2cc(N(Cc3cccc(C4CCCCC4)n3)C(=O)C3CCN3S(=O)(=O)c3c(F)c(F)c(F)c(F)c3F)ccc2c1=O. The number of halogens is 5. The number of carbonyl (C=O) groups is 1. The van der Waals surface area contributed by atoms with E-state index in [9.17, 15) is 40.0 Å². The van der Waals surface area contributed by atoms with Crippen LogP contribution in [0.3, 0.4) is 0 Å². The number of benzene rings is 2. The number of sulfonamides is 1. The summed E-state index contributed by atoms with van der Waals surface area (Å²) in [5, 5.41) is 4.89. The van der Waals surface area contributed by atoms with Crippen LogP contribution in [0.4, 0.5) is 27.6 Å². The summed E-state index contributed by atoms with van der Waals surface area (Å²) < 4.78 is 106. The van der Waals surface area contributed by atoms with Gasteiger partial charge in [-0.05, 0) is 55.6 Å². The second-order valence-corrected chi connectivity index (χ2v) is 22.1. The molecule has 284 valence electrons. The summed E-state index contributed by atoms with van der Waals surface area (Å²) in [7, 11) is -6.74. The van der Waals surface area contributed by atoms with Crippen molar-refractivity contribution in [1.82, 2.24) is 19.1 Å². The highest BCUT2D eigenvalue weighted by Crippen LogP contribution is 2.36. The summed E-state index contributed by atoms with van der Waals surface area (Å²) in [4.78, 5) is 31.7. The molecule has 53 heavy (non-hydrogen) atoms. The largest absolute Gasteiger partial charge is 0.359 e. The quantitative estimate of drug-likeness (QED) is 0.0509. The van der Waals surface area contributed by atoms with Gasteiger partial charge in [0.2, 0.25) is 21.7 Å². The number of anilines is 1. The van der Waals surface area contributed by atoms with E-state index in [1.54, 1.807) is 6.07 Å². The van der Waals surface area contributed by atoms with Crippen molar-refractivity contribution >= 4 is 40.5 Å². The predicted molar refractivity (Wildman–Crippen MR) is 190 cm³/mol. The maximum absolute atomic E-state index is 14.7. The number of aromatic nitrogens is 3. The van der Waals surface area contributed by atoms with Crippen LogP contribution >= 0.6 is 0 Å². The third-order valence-corrected chi connectivity index (χ3v) is 13.4. The van der Waals surface area contributed by atoms with Gasteiger partial charge in [0.05, 0.1) is 23.8 Å². The Kier molecular flexibility index (Phi) is 11.2. The Hall–Kier alpha value is -4.06. The lowest BCUT2D eigenvalue weighted by Gasteiger charge is -2.41. The molecule has 3 heterocycles.